The topological polar surface area (TPSA) is 39.7 Å². The number of halogens is 1. The SMILES string of the molecule is C/C=C/COC1C(OC(C)C)c2cc(NCc3cccc(F)c3)ccc2OC1(C)C. The van der Waals surface area contributed by atoms with Crippen molar-refractivity contribution in [1.82, 2.24) is 0 Å². The van der Waals surface area contributed by atoms with Crippen LogP contribution in [0.1, 0.15) is 51.8 Å². The van der Waals surface area contributed by atoms with E-state index in [4.69, 9.17) is 14.2 Å². The van der Waals surface area contributed by atoms with Crippen molar-refractivity contribution in [2.75, 3.05) is 11.9 Å². The Balaban J connectivity index is 1.87. The fraction of sp³-hybridized carbons (Fsp3) is 0.440. The molecule has 2 aromatic rings. The Bertz CT molecular complexity index is 878. The summed E-state index contributed by atoms with van der Waals surface area (Å²) in [6.07, 6.45) is 3.47. The molecule has 1 aliphatic heterocycles. The van der Waals surface area contributed by atoms with Crippen molar-refractivity contribution < 1.29 is 18.6 Å². The van der Waals surface area contributed by atoms with Gasteiger partial charge in [0.25, 0.3) is 0 Å². The largest absolute Gasteiger partial charge is 0.485 e. The molecule has 2 unspecified atom stereocenters. The van der Waals surface area contributed by atoms with E-state index in [-0.39, 0.29) is 24.1 Å². The molecule has 0 spiro atoms. The predicted octanol–water partition coefficient (Wildman–Crippen LogP) is 6.04. The van der Waals surface area contributed by atoms with Gasteiger partial charge in [0.1, 0.15) is 29.4 Å². The second kappa shape index (κ2) is 9.63. The average molecular weight is 414 g/mol. The Labute approximate surface area is 179 Å². The van der Waals surface area contributed by atoms with E-state index in [2.05, 4.69) is 5.32 Å². The van der Waals surface area contributed by atoms with Crippen LogP contribution in [0.4, 0.5) is 10.1 Å². The Morgan fingerprint density at radius 1 is 1.20 bits per heavy atom. The van der Waals surface area contributed by atoms with Crippen LogP contribution in [-0.2, 0) is 16.0 Å². The van der Waals surface area contributed by atoms with Crippen LogP contribution in [0.5, 0.6) is 5.75 Å². The lowest BCUT2D eigenvalue weighted by molar-refractivity contribution is -0.168. The van der Waals surface area contributed by atoms with Gasteiger partial charge < -0.3 is 19.5 Å². The van der Waals surface area contributed by atoms with Gasteiger partial charge in [0, 0.05) is 17.8 Å². The van der Waals surface area contributed by atoms with Gasteiger partial charge in [0.2, 0.25) is 0 Å². The molecule has 1 aliphatic rings. The Hall–Kier alpha value is -2.37. The van der Waals surface area contributed by atoms with Gasteiger partial charge in [-0.2, -0.15) is 0 Å². The number of anilines is 1. The van der Waals surface area contributed by atoms with Crippen molar-refractivity contribution in [3.8, 4) is 5.75 Å². The summed E-state index contributed by atoms with van der Waals surface area (Å²) in [5.74, 6) is 0.565. The standard InChI is InChI=1S/C25H32FNO3/c1-6-7-13-28-24-23(29-17(2)3)21-15-20(11-12-22(21)30-25(24,4)5)27-16-18-9-8-10-19(26)14-18/h6-12,14-15,17,23-24,27H,13,16H2,1-5H3/b7-6+. The van der Waals surface area contributed by atoms with E-state index in [0.29, 0.717) is 13.2 Å². The molecule has 0 saturated carbocycles. The minimum Gasteiger partial charge on any atom is -0.485 e. The van der Waals surface area contributed by atoms with Crippen molar-refractivity contribution in [2.45, 2.75) is 65.1 Å². The van der Waals surface area contributed by atoms with Crippen LogP contribution < -0.4 is 10.1 Å². The maximum atomic E-state index is 13.5. The summed E-state index contributed by atoms with van der Waals surface area (Å²) in [6, 6.07) is 12.6. The number of nitrogens with one attached hydrogen (secondary N) is 1. The van der Waals surface area contributed by atoms with E-state index in [1.165, 1.54) is 12.1 Å². The second-order valence-corrected chi connectivity index (χ2v) is 8.37. The van der Waals surface area contributed by atoms with Gasteiger partial charge in [0.15, 0.2) is 0 Å². The number of allylic oxidation sites excluding steroid dienone is 1. The zero-order chi connectivity index (χ0) is 21.7. The van der Waals surface area contributed by atoms with Crippen molar-refractivity contribution >= 4 is 5.69 Å². The third-order valence-corrected chi connectivity index (χ3v) is 5.06. The lowest BCUT2D eigenvalue weighted by atomic mass is 9.87. The lowest BCUT2D eigenvalue weighted by Crippen LogP contribution is -2.51. The van der Waals surface area contributed by atoms with Crippen molar-refractivity contribution in [3.05, 3.63) is 71.6 Å². The number of hydrogen-bond donors (Lipinski definition) is 1. The zero-order valence-corrected chi connectivity index (χ0v) is 18.4. The van der Waals surface area contributed by atoms with Crippen LogP contribution in [-0.4, -0.2) is 24.4 Å². The molecule has 4 nitrogen and oxygen atoms in total. The maximum absolute atomic E-state index is 13.5. The van der Waals surface area contributed by atoms with Crippen molar-refractivity contribution in [3.63, 3.8) is 0 Å². The summed E-state index contributed by atoms with van der Waals surface area (Å²) in [6.45, 7) is 11.1. The summed E-state index contributed by atoms with van der Waals surface area (Å²) in [7, 11) is 0. The van der Waals surface area contributed by atoms with Crippen LogP contribution in [0, 0.1) is 5.82 Å². The molecule has 0 aliphatic carbocycles. The molecule has 0 aromatic heterocycles. The highest BCUT2D eigenvalue weighted by Crippen LogP contribution is 2.44. The maximum Gasteiger partial charge on any atom is 0.132 e. The van der Waals surface area contributed by atoms with Crippen LogP contribution in [0.25, 0.3) is 0 Å². The first-order valence-electron chi connectivity index (χ1n) is 10.5. The van der Waals surface area contributed by atoms with Gasteiger partial charge in [-0.25, -0.2) is 4.39 Å². The lowest BCUT2D eigenvalue weighted by Gasteiger charge is -2.44. The minimum atomic E-state index is -0.537. The molecular formula is C25H32FNO3. The third-order valence-electron chi connectivity index (χ3n) is 5.06. The van der Waals surface area contributed by atoms with Crippen LogP contribution in [0.3, 0.4) is 0 Å². The Morgan fingerprint density at radius 3 is 2.70 bits per heavy atom. The number of fused-ring (bicyclic) bond motifs is 1. The zero-order valence-electron chi connectivity index (χ0n) is 18.4. The van der Waals surface area contributed by atoms with Gasteiger partial charge in [-0.15, -0.1) is 0 Å². The van der Waals surface area contributed by atoms with Gasteiger partial charge in [0.05, 0.1) is 12.7 Å². The molecule has 0 bridgehead atoms. The van der Waals surface area contributed by atoms with E-state index in [9.17, 15) is 4.39 Å². The molecule has 3 rings (SSSR count). The highest BCUT2D eigenvalue weighted by atomic mass is 19.1. The summed E-state index contributed by atoms with van der Waals surface area (Å²) < 4.78 is 32.3. The van der Waals surface area contributed by atoms with E-state index in [1.807, 2.05) is 71.0 Å². The average Bonchev–Trinajstić information content (AvgIpc) is 2.68. The van der Waals surface area contributed by atoms with Gasteiger partial charge in [-0.05, 0) is 70.5 Å². The molecule has 1 N–H and O–H groups in total. The molecule has 2 aromatic carbocycles. The van der Waals surface area contributed by atoms with Crippen LogP contribution >= 0.6 is 0 Å². The van der Waals surface area contributed by atoms with Crippen LogP contribution in [0.2, 0.25) is 0 Å². The first kappa shape index (κ1) is 22.3. The number of benzene rings is 2. The summed E-state index contributed by atoms with van der Waals surface area (Å²) in [5.41, 5.74) is 2.22. The smallest absolute Gasteiger partial charge is 0.132 e. The summed E-state index contributed by atoms with van der Waals surface area (Å²) in [4.78, 5) is 0. The first-order valence-corrected chi connectivity index (χ1v) is 10.5. The molecule has 162 valence electrons. The highest BCUT2D eigenvalue weighted by molar-refractivity contribution is 5.54. The molecule has 0 amide bonds. The minimum absolute atomic E-state index is 0.0356. The molecule has 5 heteroatoms. The fourth-order valence-electron chi connectivity index (χ4n) is 3.68. The number of hydrogen-bond acceptors (Lipinski definition) is 4. The number of ether oxygens (including phenoxy) is 3. The molecule has 0 saturated heterocycles. The third kappa shape index (κ3) is 5.41. The summed E-state index contributed by atoms with van der Waals surface area (Å²) in [5, 5.41) is 3.37. The molecule has 0 radical (unpaired) electrons. The van der Waals surface area contributed by atoms with Crippen LogP contribution in [0.15, 0.2) is 54.6 Å². The van der Waals surface area contributed by atoms with Gasteiger partial charge in [-0.1, -0.05) is 24.3 Å². The van der Waals surface area contributed by atoms with E-state index in [1.54, 1.807) is 6.07 Å². The molecule has 0 fully saturated rings. The first-order chi connectivity index (χ1) is 14.3. The number of rotatable bonds is 8. The second-order valence-electron chi connectivity index (χ2n) is 8.37. The molecule has 30 heavy (non-hydrogen) atoms. The van der Waals surface area contributed by atoms with E-state index in [0.717, 1.165) is 22.6 Å². The van der Waals surface area contributed by atoms with Gasteiger partial charge in [-0.3, -0.25) is 0 Å². The van der Waals surface area contributed by atoms with Gasteiger partial charge >= 0.3 is 0 Å². The Kier molecular flexibility index (Phi) is 7.16. The fourth-order valence-corrected chi connectivity index (χ4v) is 3.68. The predicted molar refractivity (Wildman–Crippen MR) is 118 cm³/mol. The van der Waals surface area contributed by atoms with E-state index >= 15 is 0 Å². The molecular weight excluding hydrogens is 381 g/mol. The monoisotopic (exact) mass is 413 g/mol. The highest BCUT2D eigenvalue weighted by Gasteiger charge is 2.45. The Morgan fingerprint density at radius 2 is 2.00 bits per heavy atom. The van der Waals surface area contributed by atoms with Crippen molar-refractivity contribution in [2.24, 2.45) is 0 Å². The normalized spacial score (nSPS) is 20.2. The van der Waals surface area contributed by atoms with Crippen molar-refractivity contribution in [1.29, 1.82) is 0 Å². The summed E-state index contributed by atoms with van der Waals surface area (Å²) >= 11 is 0. The molecule has 2 atom stereocenters. The quantitative estimate of drug-likeness (QED) is 0.536. The molecule has 1 heterocycles. The van der Waals surface area contributed by atoms with E-state index < -0.39 is 5.60 Å².